The number of rotatable bonds is 5. The van der Waals surface area contributed by atoms with Gasteiger partial charge in [-0.05, 0) is 25.5 Å². The van der Waals surface area contributed by atoms with Gasteiger partial charge in [-0.15, -0.1) is 0 Å². The first kappa shape index (κ1) is 14.0. The van der Waals surface area contributed by atoms with Crippen LogP contribution in [0.4, 0.5) is 10.5 Å². The fourth-order valence-corrected chi connectivity index (χ4v) is 1.35. The number of benzene rings is 1. The molecule has 1 aromatic rings. The summed E-state index contributed by atoms with van der Waals surface area (Å²) in [7, 11) is 0. The number of hydrogen-bond acceptors (Lipinski definition) is 2. The highest BCUT2D eigenvalue weighted by molar-refractivity contribution is 5.93. The fourth-order valence-electron chi connectivity index (χ4n) is 1.35. The van der Waals surface area contributed by atoms with Gasteiger partial charge in [-0.25, -0.2) is 4.79 Å². The minimum atomic E-state index is -0.555. The molecule has 5 heteroatoms. The van der Waals surface area contributed by atoms with E-state index in [4.69, 9.17) is 0 Å². The Labute approximate surface area is 107 Å². The monoisotopic (exact) mass is 249 g/mol. The molecule has 0 fully saturated rings. The molecule has 98 valence electrons. The van der Waals surface area contributed by atoms with E-state index in [1.54, 1.807) is 19.1 Å². The highest BCUT2D eigenvalue weighted by Crippen LogP contribution is 2.04. The van der Waals surface area contributed by atoms with Gasteiger partial charge in [-0.3, -0.25) is 4.79 Å². The molecule has 3 N–H and O–H groups in total. The van der Waals surface area contributed by atoms with Crippen LogP contribution in [0.5, 0.6) is 0 Å². The van der Waals surface area contributed by atoms with Gasteiger partial charge in [0.2, 0.25) is 5.91 Å². The maximum atomic E-state index is 11.6. The van der Waals surface area contributed by atoms with Crippen molar-refractivity contribution >= 4 is 17.6 Å². The van der Waals surface area contributed by atoms with E-state index in [1.165, 1.54) is 0 Å². The Bertz CT molecular complexity index is 392. The summed E-state index contributed by atoms with van der Waals surface area (Å²) in [6, 6.07) is 8.13. The average Bonchev–Trinajstić information content (AvgIpc) is 2.36. The van der Waals surface area contributed by atoms with Crippen LogP contribution in [0.25, 0.3) is 0 Å². The van der Waals surface area contributed by atoms with Crippen molar-refractivity contribution < 1.29 is 9.59 Å². The van der Waals surface area contributed by atoms with Gasteiger partial charge in [0.25, 0.3) is 0 Å². The lowest BCUT2D eigenvalue weighted by Gasteiger charge is -2.14. The van der Waals surface area contributed by atoms with Gasteiger partial charge in [0, 0.05) is 12.2 Å². The van der Waals surface area contributed by atoms with Crippen molar-refractivity contribution in [3.05, 3.63) is 30.3 Å². The molecule has 0 radical (unpaired) electrons. The maximum absolute atomic E-state index is 11.6. The lowest BCUT2D eigenvalue weighted by atomic mass is 10.3. The second-order valence-corrected chi connectivity index (χ2v) is 3.98. The van der Waals surface area contributed by atoms with Crippen LogP contribution in [0.15, 0.2) is 30.3 Å². The molecule has 18 heavy (non-hydrogen) atoms. The van der Waals surface area contributed by atoms with Gasteiger partial charge in [0.1, 0.15) is 6.04 Å². The van der Waals surface area contributed by atoms with Gasteiger partial charge in [0.05, 0.1) is 0 Å². The van der Waals surface area contributed by atoms with Crippen molar-refractivity contribution in [3.8, 4) is 0 Å². The molecular formula is C13H19N3O2. The third-order valence-corrected chi connectivity index (χ3v) is 2.32. The van der Waals surface area contributed by atoms with Gasteiger partial charge in [-0.1, -0.05) is 25.1 Å². The summed E-state index contributed by atoms with van der Waals surface area (Å²) in [5.74, 6) is -0.180. The lowest BCUT2D eigenvalue weighted by Crippen LogP contribution is -2.46. The van der Waals surface area contributed by atoms with Crippen molar-refractivity contribution in [2.24, 2.45) is 0 Å². The van der Waals surface area contributed by atoms with Crippen molar-refractivity contribution in [1.82, 2.24) is 10.6 Å². The zero-order valence-corrected chi connectivity index (χ0v) is 10.7. The number of urea groups is 1. The Morgan fingerprint density at radius 1 is 1.22 bits per heavy atom. The molecule has 0 heterocycles. The van der Waals surface area contributed by atoms with Crippen LogP contribution in [0.1, 0.15) is 20.3 Å². The molecule has 1 rings (SSSR count). The van der Waals surface area contributed by atoms with Crippen molar-refractivity contribution in [3.63, 3.8) is 0 Å². The van der Waals surface area contributed by atoms with Crippen LogP contribution in [0.3, 0.4) is 0 Å². The second kappa shape index (κ2) is 7.32. The Morgan fingerprint density at radius 2 is 1.89 bits per heavy atom. The summed E-state index contributed by atoms with van der Waals surface area (Å²) in [4.78, 5) is 23.1. The zero-order valence-electron chi connectivity index (χ0n) is 10.7. The molecule has 5 nitrogen and oxygen atoms in total. The first-order valence-electron chi connectivity index (χ1n) is 6.03. The number of amides is 3. The Balaban J connectivity index is 2.38. The van der Waals surface area contributed by atoms with Crippen molar-refractivity contribution in [2.75, 3.05) is 11.9 Å². The van der Waals surface area contributed by atoms with Crippen LogP contribution in [-0.2, 0) is 4.79 Å². The van der Waals surface area contributed by atoms with Gasteiger partial charge < -0.3 is 16.0 Å². The predicted molar refractivity (Wildman–Crippen MR) is 71.4 cm³/mol. The molecule has 0 spiro atoms. The van der Waals surface area contributed by atoms with Gasteiger partial charge >= 0.3 is 6.03 Å². The van der Waals surface area contributed by atoms with E-state index in [0.29, 0.717) is 12.2 Å². The van der Waals surface area contributed by atoms with E-state index in [2.05, 4.69) is 16.0 Å². The summed E-state index contributed by atoms with van der Waals surface area (Å²) in [5, 5.41) is 7.95. The largest absolute Gasteiger partial charge is 0.354 e. The standard InChI is InChI=1S/C13H19N3O2/c1-3-9-14-12(17)10(2)15-13(18)16-11-7-5-4-6-8-11/h4-8,10H,3,9H2,1-2H3,(H,14,17)(H2,15,16,18)/t10-/m0/s1. The first-order valence-corrected chi connectivity index (χ1v) is 6.03. The number of carbonyl (C=O) groups excluding carboxylic acids is 2. The predicted octanol–water partition coefficient (Wildman–Crippen LogP) is 1.72. The summed E-state index contributed by atoms with van der Waals surface area (Å²) < 4.78 is 0. The second-order valence-electron chi connectivity index (χ2n) is 3.98. The van der Waals surface area contributed by atoms with Crippen molar-refractivity contribution in [2.45, 2.75) is 26.3 Å². The molecule has 0 aliphatic heterocycles. The minimum absolute atomic E-state index is 0.180. The molecule has 1 aromatic carbocycles. The van der Waals surface area contributed by atoms with Crippen LogP contribution in [-0.4, -0.2) is 24.5 Å². The van der Waals surface area contributed by atoms with E-state index < -0.39 is 6.04 Å². The van der Waals surface area contributed by atoms with Crippen LogP contribution in [0, 0.1) is 0 Å². The van der Waals surface area contributed by atoms with E-state index in [1.807, 2.05) is 25.1 Å². The zero-order chi connectivity index (χ0) is 13.4. The summed E-state index contributed by atoms with van der Waals surface area (Å²) in [6.45, 7) is 4.24. The SMILES string of the molecule is CCCNC(=O)[C@H](C)NC(=O)Nc1ccccc1. The molecule has 0 saturated carbocycles. The number of carbonyl (C=O) groups is 2. The highest BCUT2D eigenvalue weighted by Gasteiger charge is 2.14. The molecule has 0 unspecified atom stereocenters. The number of para-hydroxylation sites is 1. The molecule has 3 amide bonds. The third-order valence-electron chi connectivity index (χ3n) is 2.32. The van der Waals surface area contributed by atoms with E-state index >= 15 is 0 Å². The maximum Gasteiger partial charge on any atom is 0.319 e. The molecular weight excluding hydrogens is 230 g/mol. The first-order chi connectivity index (χ1) is 8.63. The normalized spacial score (nSPS) is 11.4. The molecule has 0 aliphatic carbocycles. The summed E-state index contributed by atoms with van der Waals surface area (Å²) in [6.07, 6.45) is 0.870. The number of hydrogen-bond donors (Lipinski definition) is 3. The fraction of sp³-hybridized carbons (Fsp3) is 0.385. The third kappa shape index (κ3) is 4.86. The molecule has 0 aliphatic rings. The number of nitrogens with one attached hydrogen (secondary N) is 3. The van der Waals surface area contributed by atoms with Crippen LogP contribution >= 0.6 is 0 Å². The smallest absolute Gasteiger partial charge is 0.319 e. The van der Waals surface area contributed by atoms with Crippen LogP contribution < -0.4 is 16.0 Å². The summed E-state index contributed by atoms with van der Waals surface area (Å²) >= 11 is 0. The van der Waals surface area contributed by atoms with Gasteiger partial charge in [-0.2, -0.15) is 0 Å². The molecule has 1 atom stereocenters. The van der Waals surface area contributed by atoms with Crippen LogP contribution in [0.2, 0.25) is 0 Å². The topological polar surface area (TPSA) is 70.2 Å². The molecule has 0 aromatic heterocycles. The van der Waals surface area contributed by atoms with E-state index in [9.17, 15) is 9.59 Å². The molecule has 0 saturated heterocycles. The molecule has 0 bridgehead atoms. The van der Waals surface area contributed by atoms with Crippen molar-refractivity contribution in [1.29, 1.82) is 0 Å². The summed E-state index contributed by atoms with van der Waals surface area (Å²) in [5.41, 5.74) is 0.691. The van der Waals surface area contributed by atoms with E-state index in [0.717, 1.165) is 6.42 Å². The van der Waals surface area contributed by atoms with E-state index in [-0.39, 0.29) is 11.9 Å². The van der Waals surface area contributed by atoms with Gasteiger partial charge in [0.15, 0.2) is 0 Å². The lowest BCUT2D eigenvalue weighted by molar-refractivity contribution is -0.122. The quantitative estimate of drug-likeness (QED) is 0.743. The number of anilines is 1. The minimum Gasteiger partial charge on any atom is -0.354 e. The Kier molecular flexibility index (Phi) is 5.70. The Morgan fingerprint density at radius 3 is 2.50 bits per heavy atom. The average molecular weight is 249 g/mol. The highest BCUT2D eigenvalue weighted by atomic mass is 16.2. The Hall–Kier alpha value is -2.04.